The van der Waals surface area contributed by atoms with E-state index in [9.17, 15) is 8.42 Å². The van der Waals surface area contributed by atoms with Crippen molar-refractivity contribution in [1.29, 1.82) is 0 Å². The molecule has 3 aromatic rings. The first-order chi connectivity index (χ1) is 10.1. The lowest BCUT2D eigenvalue weighted by Gasteiger charge is -2.09. The molecule has 0 aliphatic carbocycles. The molecule has 0 radical (unpaired) electrons. The number of hydrogen-bond donors (Lipinski definition) is 1. The van der Waals surface area contributed by atoms with Crippen LogP contribution < -0.4 is 0 Å². The van der Waals surface area contributed by atoms with E-state index in [1.54, 1.807) is 24.5 Å². The number of nitrogens with one attached hydrogen (secondary N) is 1. The Hall–Kier alpha value is -2.40. The van der Waals surface area contributed by atoms with Crippen molar-refractivity contribution in [1.82, 2.24) is 9.97 Å². The van der Waals surface area contributed by atoms with Crippen LogP contribution in [0.5, 0.6) is 0 Å². The molecular weight excluding hydrogens is 284 g/mol. The molecule has 0 bridgehead atoms. The Labute approximate surface area is 123 Å². The molecule has 3 rings (SSSR count). The summed E-state index contributed by atoms with van der Waals surface area (Å²) < 4.78 is 24.0. The fraction of sp³-hybridized carbons (Fsp3) is 0.0625. The van der Waals surface area contributed by atoms with Crippen molar-refractivity contribution in [3.63, 3.8) is 0 Å². The highest BCUT2D eigenvalue weighted by Crippen LogP contribution is 2.34. The fourth-order valence-corrected chi connectivity index (χ4v) is 3.27. The van der Waals surface area contributed by atoms with Gasteiger partial charge >= 0.3 is 0 Å². The molecule has 4 nitrogen and oxygen atoms in total. The van der Waals surface area contributed by atoms with Gasteiger partial charge in [-0.05, 0) is 24.3 Å². The van der Waals surface area contributed by atoms with E-state index >= 15 is 0 Å². The van der Waals surface area contributed by atoms with Gasteiger partial charge in [-0.1, -0.05) is 18.2 Å². The zero-order chi connectivity index (χ0) is 14.9. The number of aromatic amines is 1. The molecule has 0 fully saturated rings. The molecule has 5 heteroatoms. The van der Waals surface area contributed by atoms with Gasteiger partial charge in [0.2, 0.25) is 0 Å². The van der Waals surface area contributed by atoms with Crippen LogP contribution in [0.3, 0.4) is 0 Å². The summed E-state index contributed by atoms with van der Waals surface area (Å²) >= 11 is 0. The Bertz CT molecular complexity index is 868. The standard InChI is InChI=1S/C16H14N2O2S/c1-21(19,20)15-5-3-2-4-13(15)14-8-11-18-16(14)12-6-9-17-10-7-12/h2-11,18H,1H3. The summed E-state index contributed by atoms with van der Waals surface area (Å²) in [5.41, 5.74) is 3.41. The monoisotopic (exact) mass is 298 g/mol. The van der Waals surface area contributed by atoms with E-state index in [1.807, 2.05) is 36.5 Å². The predicted octanol–water partition coefficient (Wildman–Crippen LogP) is 3.15. The molecule has 0 aliphatic heterocycles. The van der Waals surface area contributed by atoms with Gasteiger partial charge in [-0.15, -0.1) is 0 Å². The number of benzene rings is 1. The van der Waals surface area contributed by atoms with E-state index in [0.717, 1.165) is 16.8 Å². The number of rotatable bonds is 3. The van der Waals surface area contributed by atoms with E-state index in [4.69, 9.17) is 0 Å². The molecule has 1 aromatic carbocycles. The van der Waals surface area contributed by atoms with Gasteiger partial charge in [0, 0.05) is 41.5 Å². The summed E-state index contributed by atoms with van der Waals surface area (Å²) in [5, 5.41) is 0. The van der Waals surface area contributed by atoms with E-state index in [-0.39, 0.29) is 0 Å². The Kier molecular flexibility index (Phi) is 3.35. The van der Waals surface area contributed by atoms with Gasteiger partial charge in [-0.3, -0.25) is 4.98 Å². The third-order valence-electron chi connectivity index (χ3n) is 3.29. The third-order valence-corrected chi connectivity index (χ3v) is 4.45. The van der Waals surface area contributed by atoms with E-state index in [1.165, 1.54) is 6.26 Å². The number of pyridine rings is 1. The molecule has 1 N–H and O–H groups in total. The zero-order valence-electron chi connectivity index (χ0n) is 11.4. The molecule has 0 aliphatic rings. The second-order valence-electron chi connectivity index (χ2n) is 4.77. The van der Waals surface area contributed by atoms with Crippen molar-refractivity contribution in [2.45, 2.75) is 4.90 Å². The lowest BCUT2D eigenvalue weighted by Crippen LogP contribution is -1.99. The first kappa shape index (κ1) is 13.6. The normalized spacial score (nSPS) is 11.5. The quantitative estimate of drug-likeness (QED) is 0.808. The number of sulfone groups is 1. The van der Waals surface area contributed by atoms with Crippen LogP contribution >= 0.6 is 0 Å². The highest BCUT2D eigenvalue weighted by molar-refractivity contribution is 7.90. The molecule has 0 saturated heterocycles. The van der Waals surface area contributed by atoms with Crippen LogP contribution in [0, 0.1) is 0 Å². The molecule has 2 aromatic heterocycles. The third kappa shape index (κ3) is 2.60. The minimum atomic E-state index is -3.28. The summed E-state index contributed by atoms with van der Waals surface area (Å²) in [7, 11) is -3.28. The average Bonchev–Trinajstić information content (AvgIpc) is 2.96. The first-order valence-electron chi connectivity index (χ1n) is 6.44. The summed E-state index contributed by atoms with van der Waals surface area (Å²) in [4.78, 5) is 7.51. The number of nitrogens with zero attached hydrogens (tertiary/aromatic N) is 1. The summed E-state index contributed by atoms with van der Waals surface area (Å²) in [6.07, 6.45) is 6.46. The maximum absolute atomic E-state index is 12.0. The Morgan fingerprint density at radius 2 is 1.67 bits per heavy atom. The highest BCUT2D eigenvalue weighted by Gasteiger charge is 2.17. The van der Waals surface area contributed by atoms with Crippen molar-refractivity contribution in [3.05, 3.63) is 61.1 Å². The Morgan fingerprint density at radius 1 is 0.952 bits per heavy atom. The molecule has 106 valence electrons. The smallest absolute Gasteiger partial charge is 0.176 e. The van der Waals surface area contributed by atoms with Crippen molar-refractivity contribution >= 4 is 9.84 Å². The van der Waals surface area contributed by atoms with Gasteiger partial charge in [0.05, 0.1) is 10.6 Å². The van der Waals surface area contributed by atoms with Crippen LogP contribution in [-0.4, -0.2) is 24.6 Å². The molecule has 0 amide bonds. The van der Waals surface area contributed by atoms with Crippen LogP contribution in [0.4, 0.5) is 0 Å². The van der Waals surface area contributed by atoms with Crippen molar-refractivity contribution in [3.8, 4) is 22.4 Å². The maximum Gasteiger partial charge on any atom is 0.176 e. The lowest BCUT2D eigenvalue weighted by molar-refractivity contribution is 0.602. The second-order valence-corrected chi connectivity index (χ2v) is 6.75. The van der Waals surface area contributed by atoms with Crippen LogP contribution in [0.25, 0.3) is 22.4 Å². The molecular formula is C16H14N2O2S. The van der Waals surface area contributed by atoms with Crippen LogP contribution in [0.2, 0.25) is 0 Å². The number of H-pyrrole nitrogens is 1. The molecule has 0 spiro atoms. The van der Waals surface area contributed by atoms with E-state index < -0.39 is 9.84 Å². The summed E-state index contributed by atoms with van der Waals surface area (Å²) in [5.74, 6) is 0. The van der Waals surface area contributed by atoms with Crippen molar-refractivity contribution in [2.24, 2.45) is 0 Å². The average molecular weight is 298 g/mol. The minimum Gasteiger partial charge on any atom is -0.361 e. The summed E-state index contributed by atoms with van der Waals surface area (Å²) in [6.45, 7) is 0. The Morgan fingerprint density at radius 3 is 2.38 bits per heavy atom. The van der Waals surface area contributed by atoms with Crippen molar-refractivity contribution < 1.29 is 8.42 Å². The van der Waals surface area contributed by atoms with Gasteiger partial charge < -0.3 is 4.98 Å². The minimum absolute atomic E-state index is 0.333. The Balaban J connectivity index is 2.23. The topological polar surface area (TPSA) is 62.8 Å². The van der Waals surface area contributed by atoms with Gasteiger partial charge in [0.25, 0.3) is 0 Å². The molecule has 2 heterocycles. The second kappa shape index (κ2) is 5.18. The van der Waals surface area contributed by atoms with Crippen molar-refractivity contribution in [2.75, 3.05) is 6.26 Å². The molecule has 0 unspecified atom stereocenters. The van der Waals surface area contributed by atoms with Gasteiger partial charge in [-0.2, -0.15) is 0 Å². The number of hydrogen-bond acceptors (Lipinski definition) is 3. The summed E-state index contributed by atoms with van der Waals surface area (Å²) in [6, 6.07) is 12.7. The van der Waals surface area contributed by atoms with E-state index in [2.05, 4.69) is 9.97 Å². The molecule has 0 atom stereocenters. The van der Waals surface area contributed by atoms with Gasteiger partial charge in [0.1, 0.15) is 0 Å². The molecule has 21 heavy (non-hydrogen) atoms. The molecule has 0 saturated carbocycles. The SMILES string of the molecule is CS(=O)(=O)c1ccccc1-c1cc[nH]c1-c1ccncc1. The van der Waals surface area contributed by atoms with Gasteiger partial charge in [0.15, 0.2) is 9.84 Å². The lowest BCUT2D eigenvalue weighted by atomic mass is 10.0. The largest absolute Gasteiger partial charge is 0.361 e. The van der Waals surface area contributed by atoms with Crippen LogP contribution in [0.1, 0.15) is 0 Å². The highest BCUT2D eigenvalue weighted by atomic mass is 32.2. The van der Waals surface area contributed by atoms with Crippen LogP contribution in [-0.2, 0) is 9.84 Å². The predicted molar refractivity (Wildman–Crippen MR) is 82.6 cm³/mol. The van der Waals surface area contributed by atoms with Gasteiger partial charge in [-0.25, -0.2) is 8.42 Å². The van der Waals surface area contributed by atoms with E-state index in [0.29, 0.717) is 10.5 Å². The number of aromatic nitrogens is 2. The van der Waals surface area contributed by atoms with Crippen LogP contribution in [0.15, 0.2) is 66.0 Å². The fourth-order valence-electron chi connectivity index (χ4n) is 2.36. The first-order valence-corrected chi connectivity index (χ1v) is 8.34. The maximum atomic E-state index is 12.0. The zero-order valence-corrected chi connectivity index (χ0v) is 12.3.